The first-order valence-corrected chi connectivity index (χ1v) is 14.1. The molecule has 0 aliphatic rings. The summed E-state index contributed by atoms with van der Waals surface area (Å²) < 4.78 is 0. The Labute approximate surface area is 237 Å². The molecule has 0 saturated carbocycles. The quantitative estimate of drug-likeness (QED) is 0.251. The lowest BCUT2D eigenvalue weighted by Crippen LogP contribution is -2.52. The van der Waals surface area contributed by atoms with Crippen molar-refractivity contribution in [2.45, 2.75) is 77.9 Å². The number of rotatable bonds is 12. The number of nitrogens with one attached hydrogen (secondary N) is 1. The number of hydrogen-bond acceptors (Lipinski definition) is 2. The molecule has 2 amide bonds. The zero-order chi connectivity index (χ0) is 27.7. The van der Waals surface area contributed by atoms with Crippen LogP contribution in [-0.2, 0) is 29.0 Å². The molecule has 4 nitrogen and oxygen atoms in total. The van der Waals surface area contributed by atoms with Gasteiger partial charge in [-0.25, -0.2) is 0 Å². The van der Waals surface area contributed by atoms with E-state index in [1.165, 1.54) is 5.56 Å². The van der Waals surface area contributed by atoms with Crippen LogP contribution >= 0.6 is 23.2 Å². The predicted octanol–water partition coefficient (Wildman–Crippen LogP) is 7.60. The van der Waals surface area contributed by atoms with Crippen LogP contribution in [0, 0.1) is 0 Å². The number of halogens is 2. The van der Waals surface area contributed by atoms with Crippen molar-refractivity contribution in [3.8, 4) is 0 Å². The van der Waals surface area contributed by atoms with Crippen LogP contribution in [0.15, 0.2) is 72.8 Å². The molecule has 2 atom stereocenters. The smallest absolute Gasteiger partial charge is 0.243 e. The summed E-state index contributed by atoms with van der Waals surface area (Å²) in [7, 11) is 0. The van der Waals surface area contributed by atoms with E-state index < -0.39 is 6.04 Å². The summed E-state index contributed by atoms with van der Waals surface area (Å²) in [5.74, 6) is 0.220. The number of nitrogens with zero attached hydrogens (tertiary/aromatic N) is 1. The van der Waals surface area contributed by atoms with Gasteiger partial charge in [-0.15, -0.1) is 0 Å². The van der Waals surface area contributed by atoms with E-state index in [2.05, 4.69) is 43.4 Å². The number of benzene rings is 3. The topological polar surface area (TPSA) is 49.4 Å². The summed E-state index contributed by atoms with van der Waals surface area (Å²) in [4.78, 5) is 29.1. The van der Waals surface area contributed by atoms with Crippen molar-refractivity contribution in [1.29, 1.82) is 0 Å². The second-order valence-electron chi connectivity index (χ2n) is 10.2. The van der Waals surface area contributed by atoms with E-state index in [1.54, 1.807) is 17.0 Å². The second-order valence-corrected chi connectivity index (χ2v) is 11.0. The van der Waals surface area contributed by atoms with E-state index >= 15 is 0 Å². The first-order valence-electron chi connectivity index (χ1n) is 13.3. The van der Waals surface area contributed by atoms with Gasteiger partial charge in [-0.3, -0.25) is 9.59 Å². The van der Waals surface area contributed by atoms with Gasteiger partial charge >= 0.3 is 0 Å². The summed E-state index contributed by atoms with van der Waals surface area (Å²) in [6.07, 6.45) is 2.11. The molecule has 1 N–H and O–H groups in total. The third-order valence-corrected chi connectivity index (χ3v) is 7.62. The number of carbonyl (C=O) groups excluding carboxylic acids is 2. The molecule has 38 heavy (non-hydrogen) atoms. The lowest BCUT2D eigenvalue weighted by molar-refractivity contribution is -0.141. The van der Waals surface area contributed by atoms with Crippen LogP contribution < -0.4 is 5.32 Å². The molecule has 0 fully saturated rings. The summed E-state index contributed by atoms with van der Waals surface area (Å²) in [6, 6.07) is 22.9. The molecular weight excluding hydrogens is 515 g/mol. The molecule has 0 bridgehead atoms. The van der Waals surface area contributed by atoms with E-state index in [4.69, 9.17) is 23.2 Å². The number of hydrogen-bond donors (Lipinski definition) is 1. The monoisotopic (exact) mass is 552 g/mol. The minimum Gasteiger partial charge on any atom is -0.352 e. The highest BCUT2D eigenvalue weighted by Gasteiger charge is 2.31. The van der Waals surface area contributed by atoms with Gasteiger partial charge in [0.25, 0.3) is 0 Å². The SMILES string of the molecule is CC[C@@H](C)NC(=O)[C@@H](Cc1ccccc1)N(Cc1ccc(Cl)c(Cl)c1)C(=O)CCc1ccc(C(C)C)cc1. The van der Waals surface area contributed by atoms with Gasteiger partial charge in [-0.2, -0.15) is 0 Å². The zero-order valence-electron chi connectivity index (χ0n) is 22.7. The van der Waals surface area contributed by atoms with Crippen LogP contribution in [0.3, 0.4) is 0 Å². The van der Waals surface area contributed by atoms with Crippen LogP contribution in [0.4, 0.5) is 0 Å². The molecule has 202 valence electrons. The highest BCUT2D eigenvalue weighted by Crippen LogP contribution is 2.25. The maximum Gasteiger partial charge on any atom is 0.243 e. The molecule has 0 aliphatic carbocycles. The zero-order valence-corrected chi connectivity index (χ0v) is 24.2. The van der Waals surface area contributed by atoms with Gasteiger partial charge in [0.15, 0.2) is 0 Å². The van der Waals surface area contributed by atoms with Gasteiger partial charge in [-0.05, 0) is 60.1 Å². The summed E-state index contributed by atoms with van der Waals surface area (Å²) in [6.45, 7) is 8.59. The maximum atomic E-state index is 13.8. The fourth-order valence-corrected chi connectivity index (χ4v) is 4.61. The minimum atomic E-state index is -0.670. The molecule has 0 aliphatic heterocycles. The van der Waals surface area contributed by atoms with Crippen molar-refractivity contribution in [2.24, 2.45) is 0 Å². The highest BCUT2D eigenvalue weighted by molar-refractivity contribution is 6.42. The Kier molecular flexibility index (Phi) is 11.2. The Bertz CT molecular complexity index is 1200. The molecule has 0 unspecified atom stereocenters. The molecule has 6 heteroatoms. The van der Waals surface area contributed by atoms with Crippen molar-refractivity contribution in [1.82, 2.24) is 10.2 Å². The van der Waals surface area contributed by atoms with Crippen molar-refractivity contribution in [3.63, 3.8) is 0 Å². The first kappa shape index (κ1) is 29.7. The number of carbonyl (C=O) groups is 2. The third-order valence-electron chi connectivity index (χ3n) is 6.88. The average molecular weight is 554 g/mol. The summed E-state index contributed by atoms with van der Waals surface area (Å²) in [5, 5.41) is 3.98. The van der Waals surface area contributed by atoms with Crippen molar-refractivity contribution in [2.75, 3.05) is 0 Å². The van der Waals surface area contributed by atoms with Crippen molar-refractivity contribution >= 4 is 35.0 Å². The lowest BCUT2D eigenvalue weighted by atomic mass is 9.99. The Morgan fingerprint density at radius 3 is 2.11 bits per heavy atom. The molecule has 3 aromatic rings. The second kappa shape index (κ2) is 14.4. The first-order chi connectivity index (χ1) is 18.2. The molecule has 3 aromatic carbocycles. The van der Waals surface area contributed by atoms with Crippen LogP contribution in [0.1, 0.15) is 68.7 Å². The van der Waals surface area contributed by atoms with Crippen molar-refractivity contribution < 1.29 is 9.59 Å². The maximum absolute atomic E-state index is 13.8. The Morgan fingerprint density at radius 1 is 0.842 bits per heavy atom. The average Bonchev–Trinajstić information content (AvgIpc) is 2.91. The van der Waals surface area contributed by atoms with Gasteiger partial charge in [0.05, 0.1) is 10.0 Å². The van der Waals surface area contributed by atoms with Crippen molar-refractivity contribution in [3.05, 3.63) is 105 Å². The lowest BCUT2D eigenvalue weighted by Gasteiger charge is -2.32. The van der Waals surface area contributed by atoms with E-state index in [9.17, 15) is 9.59 Å². The fraction of sp³-hybridized carbons (Fsp3) is 0.375. The number of amides is 2. The van der Waals surface area contributed by atoms with Crippen LogP contribution in [0.5, 0.6) is 0 Å². The Balaban J connectivity index is 1.91. The van der Waals surface area contributed by atoms with E-state index in [0.717, 1.165) is 23.1 Å². The summed E-state index contributed by atoms with van der Waals surface area (Å²) in [5.41, 5.74) is 4.18. The number of aryl methyl sites for hydroxylation is 1. The van der Waals surface area contributed by atoms with Gasteiger partial charge in [-0.1, -0.05) is 105 Å². The Hall–Kier alpha value is -2.82. The van der Waals surface area contributed by atoms with E-state index in [-0.39, 0.29) is 24.4 Å². The van der Waals surface area contributed by atoms with Gasteiger partial charge in [0, 0.05) is 25.4 Å². The molecule has 0 saturated heterocycles. The molecular formula is C32H38Cl2N2O2. The predicted molar refractivity (Wildman–Crippen MR) is 158 cm³/mol. The third kappa shape index (κ3) is 8.61. The van der Waals surface area contributed by atoms with Crippen LogP contribution in [-0.4, -0.2) is 28.8 Å². The largest absolute Gasteiger partial charge is 0.352 e. The summed E-state index contributed by atoms with van der Waals surface area (Å²) >= 11 is 12.4. The van der Waals surface area contributed by atoms with E-state index in [0.29, 0.717) is 35.2 Å². The molecule has 0 heterocycles. The van der Waals surface area contributed by atoms with Crippen LogP contribution in [0.25, 0.3) is 0 Å². The van der Waals surface area contributed by atoms with Gasteiger partial charge in [0.2, 0.25) is 11.8 Å². The minimum absolute atomic E-state index is 0.00201. The standard InChI is InChI=1S/C32H38Cl2N2O2/c1-5-23(4)35-32(38)30(20-25-9-7-6-8-10-25)36(21-26-13-17-28(33)29(34)19-26)31(37)18-14-24-11-15-27(16-12-24)22(2)3/h6-13,15-17,19,22-23,30H,5,14,18,20-21H2,1-4H3,(H,35,38)/t23-,30-/m1/s1. The van der Waals surface area contributed by atoms with Gasteiger partial charge < -0.3 is 10.2 Å². The molecule has 3 rings (SSSR count). The Morgan fingerprint density at radius 2 is 1.50 bits per heavy atom. The van der Waals surface area contributed by atoms with E-state index in [1.807, 2.05) is 50.2 Å². The highest BCUT2D eigenvalue weighted by atomic mass is 35.5. The van der Waals surface area contributed by atoms with Crippen LogP contribution in [0.2, 0.25) is 10.0 Å². The molecule has 0 radical (unpaired) electrons. The molecule has 0 aromatic heterocycles. The fourth-order valence-electron chi connectivity index (χ4n) is 4.29. The normalized spacial score (nSPS) is 12.7. The van der Waals surface area contributed by atoms with Gasteiger partial charge in [0.1, 0.15) is 6.04 Å². The molecule has 0 spiro atoms.